The van der Waals surface area contributed by atoms with Crippen LogP contribution in [0.3, 0.4) is 0 Å². The summed E-state index contributed by atoms with van der Waals surface area (Å²) in [4.78, 5) is 2.44. The number of aromatic nitrogens is 3. The van der Waals surface area contributed by atoms with E-state index in [1.54, 1.807) is 0 Å². The predicted molar refractivity (Wildman–Crippen MR) is 87.1 cm³/mol. The molecular formula is C17H24N4O. The zero-order valence-electron chi connectivity index (χ0n) is 13.6. The summed E-state index contributed by atoms with van der Waals surface area (Å²) in [6.07, 6.45) is 2.57. The van der Waals surface area contributed by atoms with Crippen molar-refractivity contribution in [3.63, 3.8) is 0 Å². The lowest BCUT2D eigenvalue weighted by Crippen LogP contribution is -2.34. The van der Waals surface area contributed by atoms with Crippen LogP contribution in [0.25, 0.3) is 0 Å². The van der Waals surface area contributed by atoms with Gasteiger partial charge in [-0.25, -0.2) is 0 Å². The van der Waals surface area contributed by atoms with Crippen LogP contribution in [0.5, 0.6) is 5.75 Å². The zero-order valence-corrected chi connectivity index (χ0v) is 13.6. The molecule has 0 radical (unpaired) electrons. The van der Waals surface area contributed by atoms with E-state index in [0.29, 0.717) is 6.61 Å². The molecule has 22 heavy (non-hydrogen) atoms. The van der Waals surface area contributed by atoms with Crippen LogP contribution >= 0.6 is 0 Å². The molecule has 2 aromatic rings. The van der Waals surface area contributed by atoms with E-state index in [1.807, 2.05) is 30.7 Å². The van der Waals surface area contributed by atoms with Gasteiger partial charge in [0.1, 0.15) is 18.2 Å². The van der Waals surface area contributed by atoms with Crippen molar-refractivity contribution in [1.29, 1.82) is 0 Å². The smallest absolute Gasteiger partial charge is 0.170 e. The van der Waals surface area contributed by atoms with Crippen LogP contribution in [0.2, 0.25) is 0 Å². The second-order valence-corrected chi connectivity index (χ2v) is 6.17. The third kappa shape index (κ3) is 3.08. The van der Waals surface area contributed by atoms with Crippen molar-refractivity contribution in [3.8, 4) is 5.75 Å². The summed E-state index contributed by atoms with van der Waals surface area (Å²) >= 11 is 0. The molecule has 0 N–H and O–H groups in total. The van der Waals surface area contributed by atoms with Gasteiger partial charge in [0.25, 0.3) is 0 Å². The first kappa shape index (κ1) is 14.9. The molecule has 1 saturated heterocycles. The van der Waals surface area contributed by atoms with Crippen molar-refractivity contribution in [1.82, 2.24) is 14.8 Å². The largest absolute Gasteiger partial charge is 0.483 e. The normalized spacial score (nSPS) is 18.5. The molecule has 5 nitrogen and oxygen atoms in total. The summed E-state index contributed by atoms with van der Waals surface area (Å²) < 4.78 is 8.00. The van der Waals surface area contributed by atoms with Crippen molar-refractivity contribution in [2.75, 3.05) is 18.0 Å². The maximum atomic E-state index is 6.04. The molecule has 1 atom stereocenters. The monoisotopic (exact) mass is 300 g/mol. The van der Waals surface area contributed by atoms with Gasteiger partial charge in [-0.1, -0.05) is 19.1 Å². The van der Waals surface area contributed by atoms with Crippen molar-refractivity contribution in [3.05, 3.63) is 35.9 Å². The highest BCUT2D eigenvalue weighted by Gasteiger charge is 2.19. The molecular weight excluding hydrogens is 276 g/mol. The van der Waals surface area contributed by atoms with E-state index in [1.165, 1.54) is 18.5 Å². The number of anilines is 1. The van der Waals surface area contributed by atoms with Gasteiger partial charge in [0, 0.05) is 20.1 Å². The number of hydrogen-bond donors (Lipinski definition) is 0. The Morgan fingerprint density at radius 1 is 1.27 bits per heavy atom. The molecule has 1 aromatic carbocycles. The van der Waals surface area contributed by atoms with Crippen LogP contribution in [0.1, 0.15) is 31.4 Å². The van der Waals surface area contributed by atoms with E-state index in [-0.39, 0.29) is 0 Å². The maximum Gasteiger partial charge on any atom is 0.170 e. The summed E-state index contributed by atoms with van der Waals surface area (Å²) in [5.41, 5.74) is 1.19. The maximum absolute atomic E-state index is 6.04. The first-order valence-corrected chi connectivity index (χ1v) is 7.97. The molecule has 1 aromatic heterocycles. The molecule has 1 fully saturated rings. The predicted octanol–water partition coefficient (Wildman–Crippen LogP) is 2.94. The van der Waals surface area contributed by atoms with Crippen molar-refractivity contribution < 1.29 is 4.74 Å². The van der Waals surface area contributed by atoms with Gasteiger partial charge in [0.15, 0.2) is 5.82 Å². The molecule has 2 heterocycles. The molecule has 0 saturated carbocycles. The molecule has 1 aliphatic rings. The number of benzene rings is 1. The van der Waals surface area contributed by atoms with E-state index in [2.05, 4.69) is 34.2 Å². The Morgan fingerprint density at radius 3 is 2.82 bits per heavy atom. The Morgan fingerprint density at radius 2 is 2.09 bits per heavy atom. The van der Waals surface area contributed by atoms with Gasteiger partial charge in [0.05, 0.1) is 5.69 Å². The Balaban J connectivity index is 1.75. The first-order valence-electron chi connectivity index (χ1n) is 7.97. The highest BCUT2D eigenvalue weighted by Crippen LogP contribution is 2.31. The third-order valence-electron chi connectivity index (χ3n) is 4.40. The number of aryl methyl sites for hydroxylation is 1. The Labute approximate surface area is 131 Å². The standard InChI is InChI=1S/C17H24N4O/c1-13-7-6-10-21(11-13)15-8-4-5-9-16(15)22-12-17-19-18-14(2)20(17)3/h4-5,8-9,13H,6-7,10-12H2,1-3H3/t13-/m1/s1. The van der Waals surface area contributed by atoms with Gasteiger partial charge in [-0.2, -0.15) is 0 Å². The lowest BCUT2D eigenvalue weighted by molar-refractivity contribution is 0.290. The fourth-order valence-corrected chi connectivity index (χ4v) is 2.97. The Kier molecular flexibility index (Phi) is 4.32. The van der Waals surface area contributed by atoms with Gasteiger partial charge in [-0.3, -0.25) is 0 Å². The number of piperidine rings is 1. The SMILES string of the molecule is Cc1nnc(COc2ccccc2N2CCC[C@@H](C)C2)n1C. The van der Waals surface area contributed by atoms with Crippen LogP contribution in [0.15, 0.2) is 24.3 Å². The molecule has 0 amide bonds. The van der Waals surface area contributed by atoms with Crippen molar-refractivity contribution in [2.24, 2.45) is 13.0 Å². The minimum Gasteiger partial charge on any atom is -0.483 e. The molecule has 0 bridgehead atoms. The van der Waals surface area contributed by atoms with Gasteiger partial charge < -0.3 is 14.2 Å². The van der Waals surface area contributed by atoms with Crippen molar-refractivity contribution in [2.45, 2.75) is 33.3 Å². The lowest BCUT2D eigenvalue weighted by atomic mass is 9.99. The summed E-state index contributed by atoms with van der Waals surface area (Å²) in [6.45, 7) is 6.91. The van der Waals surface area contributed by atoms with Crippen LogP contribution in [0.4, 0.5) is 5.69 Å². The zero-order chi connectivity index (χ0) is 15.5. The molecule has 0 aliphatic carbocycles. The number of hydrogen-bond acceptors (Lipinski definition) is 4. The van der Waals surface area contributed by atoms with E-state index in [4.69, 9.17) is 4.74 Å². The molecule has 1 aliphatic heterocycles. The number of ether oxygens (including phenoxy) is 1. The summed E-state index contributed by atoms with van der Waals surface area (Å²) in [6, 6.07) is 8.29. The first-order chi connectivity index (χ1) is 10.6. The highest BCUT2D eigenvalue weighted by atomic mass is 16.5. The second-order valence-electron chi connectivity index (χ2n) is 6.17. The minimum absolute atomic E-state index is 0.442. The number of para-hydroxylation sites is 2. The molecule has 0 spiro atoms. The van der Waals surface area contributed by atoms with E-state index in [9.17, 15) is 0 Å². The average Bonchev–Trinajstić information content (AvgIpc) is 2.85. The fraction of sp³-hybridized carbons (Fsp3) is 0.529. The Bertz CT molecular complexity index is 637. The van der Waals surface area contributed by atoms with E-state index >= 15 is 0 Å². The lowest BCUT2D eigenvalue weighted by Gasteiger charge is -2.33. The molecule has 118 valence electrons. The van der Waals surface area contributed by atoms with Crippen molar-refractivity contribution >= 4 is 5.69 Å². The van der Waals surface area contributed by atoms with Gasteiger partial charge in [0.2, 0.25) is 0 Å². The van der Waals surface area contributed by atoms with E-state index < -0.39 is 0 Å². The number of rotatable bonds is 4. The molecule has 3 rings (SSSR count). The van der Waals surface area contributed by atoms with Gasteiger partial charge in [-0.05, 0) is 37.8 Å². The summed E-state index contributed by atoms with van der Waals surface area (Å²) in [5, 5.41) is 8.23. The highest BCUT2D eigenvalue weighted by molar-refractivity contribution is 5.58. The fourth-order valence-electron chi connectivity index (χ4n) is 2.97. The third-order valence-corrected chi connectivity index (χ3v) is 4.40. The summed E-state index contributed by atoms with van der Waals surface area (Å²) in [5.74, 6) is 3.41. The minimum atomic E-state index is 0.442. The van der Waals surface area contributed by atoms with Crippen LogP contribution in [-0.4, -0.2) is 27.9 Å². The van der Waals surface area contributed by atoms with Gasteiger partial charge >= 0.3 is 0 Å². The number of nitrogens with zero attached hydrogens (tertiary/aromatic N) is 4. The van der Waals surface area contributed by atoms with Gasteiger partial charge in [-0.15, -0.1) is 10.2 Å². The topological polar surface area (TPSA) is 43.2 Å². The van der Waals surface area contributed by atoms with Crippen LogP contribution < -0.4 is 9.64 Å². The van der Waals surface area contributed by atoms with Crippen LogP contribution in [0, 0.1) is 12.8 Å². The van der Waals surface area contributed by atoms with Crippen LogP contribution in [-0.2, 0) is 13.7 Å². The second kappa shape index (κ2) is 6.38. The Hall–Kier alpha value is -2.04. The van der Waals surface area contributed by atoms with E-state index in [0.717, 1.165) is 36.4 Å². The average molecular weight is 300 g/mol. The quantitative estimate of drug-likeness (QED) is 0.871. The summed E-state index contributed by atoms with van der Waals surface area (Å²) in [7, 11) is 1.96. The molecule has 0 unspecified atom stereocenters. The molecule has 5 heteroatoms.